The third kappa shape index (κ3) is 6.99. The van der Waals surface area contributed by atoms with Gasteiger partial charge in [-0.1, -0.05) is 17.7 Å². The molecule has 2 aromatic carbocycles. The number of halogens is 2. The summed E-state index contributed by atoms with van der Waals surface area (Å²) in [6, 6.07) is 10.1. The monoisotopic (exact) mass is 412 g/mol. The van der Waals surface area contributed by atoms with E-state index >= 15 is 0 Å². The third-order valence-corrected chi connectivity index (χ3v) is 4.83. The van der Waals surface area contributed by atoms with E-state index in [-0.39, 0.29) is 23.4 Å². The van der Waals surface area contributed by atoms with Gasteiger partial charge >= 0.3 is 0 Å². The van der Waals surface area contributed by atoms with Crippen molar-refractivity contribution in [3.8, 4) is 0 Å². The zero-order valence-corrected chi connectivity index (χ0v) is 16.0. The maximum Gasteiger partial charge on any atom is 0.251 e. The number of carbonyl (C=O) groups excluding carboxylic acids is 2. The minimum absolute atomic E-state index is 0.126. The molecule has 9 heteroatoms. The maximum absolute atomic E-state index is 13.3. The largest absolute Gasteiger partial charge is 0.340 e. The Kier molecular flexibility index (Phi) is 6.92. The lowest BCUT2D eigenvalue weighted by atomic mass is 10.1. The fourth-order valence-corrected chi connectivity index (χ4v) is 3.03. The molecule has 0 bridgehead atoms. The Morgan fingerprint density at radius 3 is 2.41 bits per heavy atom. The number of rotatable bonds is 7. The lowest BCUT2D eigenvalue weighted by Gasteiger charge is -2.18. The molecule has 1 atom stereocenters. The van der Waals surface area contributed by atoms with Gasteiger partial charge in [0, 0.05) is 22.5 Å². The molecule has 0 aliphatic rings. The van der Waals surface area contributed by atoms with Crippen molar-refractivity contribution >= 4 is 38.9 Å². The van der Waals surface area contributed by atoms with Crippen molar-refractivity contribution in [1.29, 1.82) is 0 Å². The number of carbonyl (C=O) groups is 2. The van der Waals surface area contributed by atoms with Crippen LogP contribution in [0.25, 0.3) is 0 Å². The van der Waals surface area contributed by atoms with Crippen LogP contribution in [-0.2, 0) is 14.6 Å². The zero-order valence-electron chi connectivity index (χ0n) is 14.4. The molecule has 0 saturated heterocycles. The van der Waals surface area contributed by atoms with Crippen LogP contribution >= 0.6 is 11.6 Å². The molecule has 144 valence electrons. The Morgan fingerprint density at radius 2 is 1.81 bits per heavy atom. The number of hydrogen-bond acceptors (Lipinski definition) is 4. The van der Waals surface area contributed by atoms with E-state index in [2.05, 4.69) is 10.6 Å². The predicted molar refractivity (Wildman–Crippen MR) is 102 cm³/mol. The van der Waals surface area contributed by atoms with Gasteiger partial charge in [0.25, 0.3) is 5.91 Å². The summed E-state index contributed by atoms with van der Waals surface area (Å²) in [5.41, 5.74) is 0.465. The molecule has 0 fully saturated rings. The predicted octanol–water partition coefficient (Wildman–Crippen LogP) is 2.65. The summed E-state index contributed by atoms with van der Waals surface area (Å²) in [6.07, 6.45) is 0.912. The fraction of sp³-hybridized carbons (Fsp3) is 0.222. The molecule has 0 spiro atoms. The summed E-state index contributed by atoms with van der Waals surface area (Å²) in [7, 11) is -3.35. The van der Waals surface area contributed by atoms with Crippen molar-refractivity contribution in [2.75, 3.05) is 17.3 Å². The summed E-state index contributed by atoms with van der Waals surface area (Å²) >= 11 is 5.78. The molecule has 0 heterocycles. The van der Waals surface area contributed by atoms with Crippen LogP contribution in [0, 0.1) is 5.82 Å². The zero-order chi connectivity index (χ0) is 20.0. The molecule has 0 radical (unpaired) electrons. The molecule has 2 amide bonds. The van der Waals surface area contributed by atoms with Crippen LogP contribution < -0.4 is 10.6 Å². The lowest BCUT2D eigenvalue weighted by Crippen LogP contribution is -2.44. The summed E-state index contributed by atoms with van der Waals surface area (Å²) in [6.45, 7) is 0. The number of sulfone groups is 1. The molecule has 2 aromatic rings. The summed E-state index contributed by atoms with van der Waals surface area (Å²) < 4.78 is 36.2. The van der Waals surface area contributed by atoms with E-state index in [0.717, 1.165) is 12.3 Å². The Labute approximate surface area is 161 Å². The number of anilines is 1. The quantitative estimate of drug-likeness (QED) is 0.731. The Morgan fingerprint density at radius 1 is 1.15 bits per heavy atom. The highest BCUT2D eigenvalue weighted by atomic mass is 35.5. The Balaban J connectivity index is 2.15. The van der Waals surface area contributed by atoms with Gasteiger partial charge in [-0.05, 0) is 48.9 Å². The van der Waals surface area contributed by atoms with E-state index < -0.39 is 33.5 Å². The van der Waals surface area contributed by atoms with E-state index in [9.17, 15) is 22.4 Å². The number of benzene rings is 2. The van der Waals surface area contributed by atoms with E-state index in [4.69, 9.17) is 11.6 Å². The maximum atomic E-state index is 13.3. The second-order valence-electron chi connectivity index (χ2n) is 5.95. The smallest absolute Gasteiger partial charge is 0.251 e. The van der Waals surface area contributed by atoms with Crippen LogP contribution in [0.3, 0.4) is 0 Å². The second kappa shape index (κ2) is 8.96. The summed E-state index contributed by atoms with van der Waals surface area (Å²) in [4.78, 5) is 24.9. The number of hydrogen-bond donors (Lipinski definition) is 2. The van der Waals surface area contributed by atoms with Gasteiger partial charge in [0.15, 0.2) is 0 Å². The second-order valence-corrected chi connectivity index (χ2v) is 8.65. The number of nitrogens with one attached hydrogen (secondary N) is 2. The molecule has 0 unspecified atom stereocenters. The van der Waals surface area contributed by atoms with Crippen LogP contribution in [0.15, 0.2) is 48.5 Å². The van der Waals surface area contributed by atoms with E-state index in [1.54, 1.807) is 0 Å². The summed E-state index contributed by atoms with van der Waals surface area (Å²) in [5, 5.41) is 5.43. The molecule has 2 N–H and O–H groups in total. The third-order valence-electron chi connectivity index (χ3n) is 3.60. The molecule has 0 aromatic heterocycles. The highest BCUT2D eigenvalue weighted by molar-refractivity contribution is 7.90. The van der Waals surface area contributed by atoms with Gasteiger partial charge < -0.3 is 10.6 Å². The molecule has 2 rings (SSSR count). The van der Waals surface area contributed by atoms with E-state index in [1.165, 1.54) is 42.5 Å². The van der Waals surface area contributed by atoms with Crippen molar-refractivity contribution in [3.05, 3.63) is 64.9 Å². The minimum atomic E-state index is -3.35. The molecule has 27 heavy (non-hydrogen) atoms. The normalized spacial score (nSPS) is 12.3. The molecule has 6 nitrogen and oxygen atoms in total. The Bertz CT molecular complexity index is 933. The van der Waals surface area contributed by atoms with Crippen LogP contribution in [0.5, 0.6) is 0 Å². The van der Waals surface area contributed by atoms with Gasteiger partial charge in [-0.25, -0.2) is 12.8 Å². The van der Waals surface area contributed by atoms with E-state index in [1.807, 2.05) is 0 Å². The first-order valence-electron chi connectivity index (χ1n) is 7.94. The van der Waals surface area contributed by atoms with Gasteiger partial charge in [0.05, 0.1) is 5.75 Å². The number of amides is 2. The SMILES string of the molecule is CS(=O)(=O)CC[C@@H](NC(=O)c1ccc(Cl)cc1)C(=O)Nc1cccc(F)c1. The first-order chi connectivity index (χ1) is 12.6. The van der Waals surface area contributed by atoms with Gasteiger partial charge in [0.2, 0.25) is 5.91 Å². The highest BCUT2D eigenvalue weighted by Crippen LogP contribution is 2.12. The van der Waals surface area contributed by atoms with Crippen LogP contribution in [0.4, 0.5) is 10.1 Å². The van der Waals surface area contributed by atoms with Crippen LogP contribution in [-0.4, -0.2) is 38.3 Å². The van der Waals surface area contributed by atoms with Crippen molar-refractivity contribution in [2.24, 2.45) is 0 Å². The van der Waals surface area contributed by atoms with Crippen molar-refractivity contribution in [2.45, 2.75) is 12.5 Å². The summed E-state index contributed by atoms with van der Waals surface area (Å²) in [5.74, 6) is -2.04. The molecule has 0 aliphatic carbocycles. The molecule has 0 aliphatic heterocycles. The fourth-order valence-electron chi connectivity index (χ4n) is 2.24. The Hall–Kier alpha value is -2.45. The van der Waals surface area contributed by atoms with Gasteiger partial charge in [-0.3, -0.25) is 9.59 Å². The van der Waals surface area contributed by atoms with E-state index in [0.29, 0.717) is 5.02 Å². The highest BCUT2D eigenvalue weighted by Gasteiger charge is 2.23. The van der Waals surface area contributed by atoms with Crippen molar-refractivity contribution in [3.63, 3.8) is 0 Å². The van der Waals surface area contributed by atoms with Crippen molar-refractivity contribution in [1.82, 2.24) is 5.32 Å². The topological polar surface area (TPSA) is 92.3 Å². The van der Waals surface area contributed by atoms with Gasteiger partial charge in [0.1, 0.15) is 21.7 Å². The lowest BCUT2D eigenvalue weighted by molar-refractivity contribution is -0.118. The van der Waals surface area contributed by atoms with Gasteiger partial charge in [-0.2, -0.15) is 0 Å². The van der Waals surface area contributed by atoms with Crippen LogP contribution in [0.1, 0.15) is 16.8 Å². The molecular weight excluding hydrogens is 395 g/mol. The van der Waals surface area contributed by atoms with Gasteiger partial charge in [-0.15, -0.1) is 0 Å². The molecular formula is C18H18ClFN2O4S. The standard InChI is InChI=1S/C18H18ClFN2O4S/c1-27(25,26)10-9-16(18(24)21-15-4-2-3-14(20)11-15)22-17(23)12-5-7-13(19)8-6-12/h2-8,11,16H,9-10H2,1H3,(H,21,24)(H,22,23)/t16-/m1/s1. The van der Waals surface area contributed by atoms with Crippen molar-refractivity contribution < 1.29 is 22.4 Å². The minimum Gasteiger partial charge on any atom is -0.340 e. The average Bonchev–Trinajstić information content (AvgIpc) is 2.58. The van der Waals surface area contributed by atoms with Crippen LogP contribution in [0.2, 0.25) is 5.02 Å². The average molecular weight is 413 g/mol. The first-order valence-corrected chi connectivity index (χ1v) is 10.4. The molecule has 0 saturated carbocycles. The first kappa shape index (κ1) is 20.9.